The van der Waals surface area contributed by atoms with Crippen LogP contribution in [0.5, 0.6) is 0 Å². The van der Waals surface area contributed by atoms with E-state index in [-0.39, 0.29) is 0 Å². The fraction of sp³-hybridized carbons (Fsp3) is 0. The van der Waals surface area contributed by atoms with Gasteiger partial charge in [-0.3, -0.25) is 0 Å². The van der Waals surface area contributed by atoms with Crippen molar-refractivity contribution in [3.63, 3.8) is 0 Å². The second-order valence-electron chi connectivity index (χ2n) is 15.6. The highest BCUT2D eigenvalue weighted by atomic mass is 15.0. The van der Waals surface area contributed by atoms with E-state index < -0.39 is 0 Å². The predicted octanol–water partition coefficient (Wildman–Crippen LogP) is 14.4. The van der Waals surface area contributed by atoms with Gasteiger partial charge in [-0.25, -0.2) is 15.0 Å². The Morgan fingerprint density at radius 1 is 0.258 bits per heavy atom. The van der Waals surface area contributed by atoms with Crippen LogP contribution in [0.4, 0.5) is 0 Å². The topological polar surface area (TPSA) is 48.5 Å². The summed E-state index contributed by atoms with van der Waals surface area (Å²) in [4.78, 5) is 15.4. The molecule has 3 aromatic heterocycles. The maximum atomic E-state index is 5.18. The van der Waals surface area contributed by atoms with Gasteiger partial charge in [-0.05, 0) is 76.9 Å². The zero-order valence-electron chi connectivity index (χ0n) is 33.6. The summed E-state index contributed by atoms with van der Waals surface area (Å²) in [6.07, 6.45) is 0. The lowest BCUT2D eigenvalue weighted by Gasteiger charge is -2.15. The van der Waals surface area contributed by atoms with Crippen molar-refractivity contribution in [3.8, 4) is 67.8 Å². The molecule has 9 aromatic carbocycles. The zero-order valence-corrected chi connectivity index (χ0v) is 33.6. The summed E-state index contributed by atoms with van der Waals surface area (Å²) in [6, 6.07) is 79.3. The maximum absolute atomic E-state index is 5.18. The van der Waals surface area contributed by atoms with Crippen molar-refractivity contribution < 1.29 is 0 Å². The van der Waals surface area contributed by atoms with E-state index in [9.17, 15) is 0 Å². The van der Waals surface area contributed by atoms with E-state index in [4.69, 9.17) is 15.0 Å². The van der Waals surface area contributed by atoms with Crippen molar-refractivity contribution in [2.75, 3.05) is 0 Å². The summed E-state index contributed by atoms with van der Waals surface area (Å²) in [5.74, 6) is 1.87. The number of fused-ring (bicyclic) bond motifs is 6. The van der Waals surface area contributed by atoms with E-state index in [1.165, 1.54) is 43.7 Å². The van der Waals surface area contributed by atoms with Crippen molar-refractivity contribution in [2.45, 2.75) is 0 Å². The largest absolute Gasteiger partial charge is 0.309 e. The van der Waals surface area contributed by atoms with Gasteiger partial charge in [0.15, 0.2) is 17.5 Å². The van der Waals surface area contributed by atoms with Crippen LogP contribution >= 0.6 is 0 Å². The third-order valence-corrected chi connectivity index (χ3v) is 11.9. The summed E-state index contributed by atoms with van der Waals surface area (Å²) in [6.45, 7) is 0. The minimum atomic E-state index is 0.611. The highest BCUT2D eigenvalue weighted by Gasteiger charge is 2.22. The average molecular weight is 792 g/mol. The van der Waals surface area contributed by atoms with Crippen molar-refractivity contribution >= 4 is 43.6 Å². The minimum absolute atomic E-state index is 0.611. The number of hydrogen-bond acceptors (Lipinski definition) is 3. The highest BCUT2D eigenvalue weighted by Crippen LogP contribution is 2.44. The SMILES string of the molecule is c1ccc(-c2cc(-c3nc(-c4ccccc4)nc(-c4ccccc4)n3)cc(-n3c4ccccc4c4c(-c5cccc6c5c5ccccc5n6-c5ccccc5)cccc43)c2)cc1. The van der Waals surface area contributed by atoms with Crippen molar-refractivity contribution in [2.24, 2.45) is 0 Å². The number of aromatic nitrogens is 5. The molecule has 0 fully saturated rings. The Morgan fingerprint density at radius 2 is 0.645 bits per heavy atom. The number of para-hydroxylation sites is 3. The maximum Gasteiger partial charge on any atom is 0.164 e. The number of benzene rings is 9. The Bertz CT molecular complexity index is 3550. The van der Waals surface area contributed by atoms with Crippen LogP contribution in [0.25, 0.3) is 111 Å². The zero-order chi connectivity index (χ0) is 41.0. The van der Waals surface area contributed by atoms with Gasteiger partial charge in [0.05, 0.1) is 22.1 Å². The monoisotopic (exact) mass is 791 g/mol. The van der Waals surface area contributed by atoms with Crippen LogP contribution in [0.1, 0.15) is 0 Å². The Labute approximate surface area is 358 Å². The highest BCUT2D eigenvalue weighted by molar-refractivity contribution is 6.22. The molecule has 0 saturated heterocycles. The molecule has 5 heteroatoms. The minimum Gasteiger partial charge on any atom is -0.309 e. The molecule has 0 amide bonds. The molecule has 12 aromatic rings. The number of hydrogen-bond donors (Lipinski definition) is 0. The van der Waals surface area contributed by atoms with E-state index in [0.717, 1.165) is 50.2 Å². The molecule has 12 rings (SSSR count). The molecule has 3 heterocycles. The van der Waals surface area contributed by atoms with Crippen LogP contribution in [0.15, 0.2) is 224 Å². The van der Waals surface area contributed by atoms with Gasteiger partial charge in [-0.15, -0.1) is 0 Å². The molecule has 0 aliphatic rings. The van der Waals surface area contributed by atoms with Crippen LogP contribution < -0.4 is 0 Å². The summed E-state index contributed by atoms with van der Waals surface area (Å²) < 4.78 is 4.80. The molecule has 5 nitrogen and oxygen atoms in total. The summed E-state index contributed by atoms with van der Waals surface area (Å²) in [7, 11) is 0. The van der Waals surface area contributed by atoms with Crippen LogP contribution in [0, 0.1) is 0 Å². The lowest BCUT2D eigenvalue weighted by atomic mass is 9.95. The molecule has 0 unspecified atom stereocenters. The smallest absolute Gasteiger partial charge is 0.164 e. The molecular formula is C57H37N5. The fourth-order valence-electron chi connectivity index (χ4n) is 9.23. The number of nitrogens with zero attached hydrogens (tertiary/aromatic N) is 5. The molecule has 0 aliphatic carbocycles. The molecule has 0 N–H and O–H groups in total. The fourth-order valence-corrected chi connectivity index (χ4v) is 9.23. The van der Waals surface area contributed by atoms with Crippen LogP contribution in [-0.2, 0) is 0 Å². The third kappa shape index (κ3) is 5.90. The second kappa shape index (κ2) is 14.7. The summed E-state index contributed by atoms with van der Waals surface area (Å²) in [5.41, 5.74) is 14.1. The van der Waals surface area contributed by atoms with Gasteiger partial charge >= 0.3 is 0 Å². The van der Waals surface area contributed by atoms with Gasteiger partial charge in [-0.1, -0.05) is 170 Å². The molecule has 0 bridgehead atoms. The predicted molar refractivity (Wildman–Crippen MR) is 256 cm³/mol. The molecule has 0 atom stereocenters. The Hall–Kier alpha value is -8.41. The Kier molecular flexibility index (Phi) is 8.42. The molecule has 0 saturated carbocycles. The van der Waals surface area contributed by atoms with E-state index in [2.05, 4.69) is 197 Å². The molecular weight excluding hydrogens is 755 g/mol. The lowest BCUT2D eigenvalue weighted by Crippen LogP contribution is -2.01. The molecule has 62 heavy (non-hydrogen) atoms. The van der Waals surface area contributed by atoms with Gasteiger partial charge in [-0.2, -0.15) is 0 Å². The van der Waals surface area contributed by atoms with E-state index in [0.29, 0.717) is 17.5 Å². The second-order valence-corrected chi connectivity index (χ2v) is 15.6. The Morgan fingerprint density at radius 3 is 1.16 bits per heavy atom. The first-order valence-corrected chi connectivity index (χ1v) is 21.0. The van der Waals surface area contributed by atoms with Crippen LogP contribution in [0.3, 0.4) is 0 Å². The number of rotatable bonds is 7. The summed E-state index contributed by atoms with van der Waals surface area (Å²) in [5, 5.41) is 4.86. The molecule has 0 spiro atoms. The van der Waals surface area contributed by atoms with Crippen LogP contribution in [-0.4, -0.2) is 24.1 Å². The van der Waals surface area contributed by atoms with E-state index >= 15 is 0 Å². The van der Waals surface area contributed by atoms with Gasteiger partial charge < -0.3 is 9.13 Å². The van der Waals surface area contributed by atoms with E-state index in [1.54, 1.807) is 0 Å². The first kappa shape index (κ1) is 35.5. The lowest BCUT2D eigenvalue weighted by molar-refractivity contribution is 1.07. The van der Waals surface area contributed by atoms with E-state index in [1.807, 2.05) is 36.4 Å². The summed E-state index contributed by atoms with van der Waals surface area (Å²) >= 11 is 0. The molecule has 290 valence electrons. The first-order chi connectivity index (χ1) is 30.8. The molecule has 0 aliphatic heterocycles. The average Bonchev–Trinajstić information content (AvgIpc) is 3.88. The van der Waals surface area contributed by atoms with Crippen molar-refractivity contribution in [1.82, 2.24) is 24.1 Å². The van der Waals surface area contributed by atoms with Gasteiger partial charge in [0.1, 0.15) is 0 Å². The normalized spacial score (nSPS) is 11.5. The first-order valence-electron chi connectivity index (χ1n) is 21.0. The van der Waals surface area contributed by atoms with Gasteiger partial charge in [0.25, 0.3) is 0 Å². The van der Waals surface area contributed by atoms with Gasteiger partial charge in [0, 0.05) is 49.6 Å². The van der Waals surface area contributed by atoms with Gasteiger partial charge in [0.2, 0.25) is 0 Å². The molecule has 0 radical (unpaired) electrons. The quantitative estimate of drug-likeness (QED) is 0.162. The van der Waals surface area contributed by atoms with Crippen molar-refractivity contribution in [1.29, 1.82) is 0 Å². The third-order valence-electron chi connectivity index (χ3n) is 11.9. The Balaban J connectivity index is 1.12. The van der Waals surface area contributed by atoms with Crippen molar-refractivity contribution in [3.05, 3.63) is 224 Å². The van der Waals surface area contributed by atoms with Crippen LogP contribution in [0.2, 0.25) is 0 Å². The standard InChI is InChI=1S/C57H37N5/c1-5-19-38(20-6-1)41-35-42(57-59-55(39-21-7-2-8-22-39)58-56(60-57)40-23-9-3-10-24-40)37-44(36-41)62-50-32-16-14-28-48(50)54-46(30-18-34-52(54)62)45-29-17-33-51-53(45)47-27-13-15-31-49(47)61(51)43-25-11-4-12-26-43/h1-37H.